The molecule has 1 N–H and O–H groups in total. The SMILES string of the molecule is CCCNC(=O)COC(=O)c1cc2c(C)nn(Cc3ccc(C)cc3)c2s1. The smallest absolute Gasteiger partial charge is 0.348 e. The number of esters is 1. The summed E-state index contributed by atoms with van der Waals surface area (Å²) in [6.07, 6.45) is 0.840. The number of carbonyl (C=O) groups excluding carboxylic acids is 2. The fourth-order valence-electron chi connectivity index (χ4n) is 2.70. The van der Waals surface area contributed by atoms with Crippen molar-refractivity contribution in [3.8, 4) is 0 Å². The first-order chi connectivity index (χ1) is 13.0. The number of thiophene rings is 1. The molecule has 1 amide bonds. The number of amides is 1. The Kier molecular flexibility index (Phi) is 5.91. The monoisotopic (exact) mass is 385 g/mol. The summed E-state index contributed by atoms with van der Waals surface area (Å²) in [4.78, 5) is 25.3. The number of ether oxygens (including phenoxy) is 1. The molecule has 0 aliphatic carbocycles. The van der Waals surface area contributed by atoms with Crippen LogP contribution in [0.1, 0.15) is 39.8 Å². The Balaban J connectivity index is 1.74. The van der Waals surface area contributed by atoms with E-state index in [1.807, 2.05) is 18.5 Å². The molecule has 0 bridgehead atoms. The maximum atomic E-state index is 12.3. The maximum absolute atomic E-state index is 12.3. The molecule has 3 aromatic rings. The van der Waals surface area contributed by atoms with Gasteiger partial charge >= 0.3 is 5.97 Å². The highest BCUT2D eigenvalue weighted by Crippen LogP contribution is 2.29. The summed E-state index contributed by atoms with van der Waals surface area (Å²) in [5, 5.41) is 8.21. The lowest BCUT2D eigenvalue weighted by Crippen LogP contribution is -2.29. The standard InChI is InChI=1S/C20H23N3O3S/c1-4-9-21-18(24)12-26-20(25)17-10-16-14(3)22-23(19(16)27-17)11-15-7-5-13(2)6-8-15/h5-8,10H,4,9,11-12H2,1-3H3,(H,21,24). The van der Waals surface area contributed by atoms with Crippen LogP contribution in [-0.4, -0.2) is 34.8 Å². The van der Waals surface area contributed by atoms with E-state index in [4.69, 9.17) is 4.74 Å². The predicted octanol–water partition coefficient (Wildman–Crippen LogP) is 3.45. The van der Waals surface area contributed by atoms with Crippen LogP contribution in [0.3, 0.4) is 0 Å². The Labute approximate surface area is 162 Å². The lowest BCUT2D eigenvalue weighted by molar-refractivity contribution is -0.124. The second kappa shape index (κ2) is 8.35. The van der Waals surface area contributed by atoms with E-state index in [0.29, 0.717) is 18.0 Å². The first kappa shape index (κ1) is 19.1. The summed E-state index contributed by atoms with van der Waals surface area (Å²) < 4.78 is 7.03. The van der Waals surface area contributed by atoms with Crippen LogP contribution >= 0.6 is 11.3 Å². The van der Waals surface area contributed by atoms with Crippen LogP contribution in [0.4, 0.5) is 0 Å². The van der Waals surface area contributed by atoms with Crippen molar-refractivity contribution in [3.05, 3.63) is 52.0 Å². The number of rotatable bonds is 7. The minimum atomic E-state index is -0.482. The largest absolute Gasteiger partial charge is 0.451 e. The third-order valence-corrected chi connectivity index (χ3v) is 5.30. The first-order valence-electron chi connectivity index (χ1n) is 8.94. The molecule has 0 aliphatic rings. The zero-order valence-corrected chi connectivity index (χ0v) is 16.6. The lowest BCUT2D eigenvalue weighted by Gasteiger charge is -2.05. The topological polar surface area (TPSA) is 73.2 Å². The summed E-state index contributed by atoms with van der Waals surface area (Å²) in [6.45, 7) is 6.90. The molecule has 0 radical (unpaired) electrons. The molecular weight excluding hydrogens is 362 g/mol. The highest BCUT2D eigenvalue weighted by Gasteiger charge is 2.18. The Bertz CT molecular complexity index is 957. The van der Waals surface area contributed by atoms with Gasteiger partial charge in [-0.2, -0.15) is 5.10 Å². The van der Waals surface area contributed by atoms with Gasteiger partial charge in [0.2, 0.25) is 0 Å². The third kappa shape index (κ3) is 4.54. The van der Waals surface area contributed by atoms with E-state index < -0.39 is 5.97 Å². The van der Waals surface area contributed by atoms with E-state index in [1.54, 1.807) is 6.07 Å². The van der Waals surface area contributed by atoms with Crippen LogP contribution in [0, 0.1) is 13.8 Å². The molecule has 0 aliphatic heterocycles. The normalized spacial score (nSPS) is 10.9. The molecule has 27 heavy (non-hydrogen) atoms. The highest BCUT2D eigenvalue weighted by molar-refractivity contribution is 7.20. The Morgan fingerprint density at radius 3 is 2.67 bits per heavy atom. The van der Waals surface area contributed by atoms with Gasteiger partial charge in [-0.1, -0.05) is 36.8 Å². The van der Waals surface area contributed by atoms with Gasteiger partial charge in [0.1, 0.15) is 9.71 Å². The molecule has 2 heterocycles. The molecule has 6 nitrogen and oxygen atoms in total. The van der Waals surface area contributed by atoms with Gasteiger partial charge in [0.05, 0.1) is 12.2 Å². The molecule has 0 unspecified atom stereocenters. The number of aromatic nitrogens is 2. The van der Waals surface area contributed by atoms with Crippen LogP contribution in [0.15, 0.2) is 30.3 Å². The predicted molar refractivity (Wildman–Crippen MR) is 106 cm³/mol. The number of nitrogens with zero attached hydrogens (tertiary/aromatic N) is 2. The van der Waals surface area contributed by atoms with Gasteiger partial charge in [0, 0.05) is 11.9 Å². The van der Waals surface area contributed by atoms with Crippen molar-refractivity contribution in [3.63, 3.8) is 0 Å². The van der Waals surface area contributed by atoms with Crippen LogP contribution in [0.25, 0.3) is 10.2 Å². The number of nitrogens with one attached hydrogen (secondary N) is 1. The molecule has 0 saturated carbocycles. The fraction of sp³-hybridized carbons (Fsp3) is 0.350. The third-order valence-electron chi connectivity index (χ3n) is 4.17. The van der Waals surface area contributed by atoms with E-state index in [9.17, 15) is 9.59 Å². The molecule has 142 valence electrons. The number of benzene rings is 1. The second-order valence-corrected chi connectivity index (χ2v) is 7.51. The molecule has 0 saturated heterocycles. The van der Waals surface area contributed by atoms with E-state index in [2.05, 4.69) is 41.6 Å². The summed E-state index contributed by atoms with van der Waals surface area (Å²) in [5.74, 6) is -0.767. The Morgan fingerprint density at radius 1 is 1.22 bits per heavy atom. The van der Waals surface area contributed by atoms with Crippen molar-refractivity contribution in [2.24, 2.45) is 0 Å². The zero-order chi connectivity index (χ0) is 19.4. The van der Waals surface area contributed by atoms with E-state index in [0.717, 1.165) is 27.9 Å². The first-order valence-corrected chi connectivity index (χ1v) is 9.76. The number of hydrogen-bond acceptors (Lipinski definition) is 5. The lowest BCUT2D eigenvalue weighted by atomic mass is 10.1. The van der Waals surface area contributed by atoms with Crippen LogP contribution in [0.5, 0.6) is 0 Å². The van der Waals surface area contributed by atoms with Gasteiger partial charge in [0.15, 0.2) is 6.61 Å². The van der Waals surface area contributed by atoms with Gasteiger partial charge in [0.25, 0.3) is 5.91 Å². The molecule has 0 spiro atoms. The molecule has 0 atom stereocenters. The number of carbonyl (C=O) groups is 2. The summed E-state index contributed by atoms with van der Waals surface area (Å²) in [5.41, 5.74) is 3.23. The second-order valence-electron chi connectivity index (χ2n) is 6.48. The van der Waals surface area contributed by atoms with Crippen molar-refractivity contribution in [2.75, 3.05) is 13.2 Å². The minimum Gasteiger partial charge on any atom is -0.451 e. The fourth-order valence-corrected chi connectivity index (χ4v) is 3.76. The molecule has 7 heteroatoms. The minimum absolute atomic E-state index is 0.262. The van der Waals surface area contributed by atoms with E-state index in [-0.39, 0.29) is 12.5 Å². The summed E-state index contributed by atoms with van der Waals surface area (Å²) in [6, 6.07) is 10.1. The summed E-state index contributed by atoms with van der Waals surface area (Å²) in [7, 11) is 0. The van der Waals surface area contributed by atoms with Crippen molar-refractivity contribution < 1.29 is 14.3 Å². The van der Waals surface area contributed by atoms with Crippen LogP contribution in [-0.2, 0) is 16.1 Å². The van der Waals surface area contributed by atoms with Gasteiger partial charge in [-0.05, 0) is 31.9 Å². The number of hydrogen-bond donors (Lipinski definition) is 1. The van der Waals surface area contributed by atoms with E-state index in [1.165, 1.54) is 16.9 Å². The maximum Gasteiger partial charge on any atom is 0.348 e. The van der Waals surface area contributed by atoms with Crippen molar-refractivity contribution in [2.45, 2.75) is 33.7 Å². The molecule has 1 aromatic carbocycles. The highest BCUT2D eigenvalue weighted by atomic mass is 32.1. The van der Waals surface area contributed by atoms with Gasteiger partial charge < -0.3 is 10.1 Å². The quantitative estimate of drug-likeness (QED) is 0.632. The number of aryl methyl sites for hydroxylation is 2. The van der Waals surface area contributed by atoms with Gasteiger partial charge in [-0.3, -0.25) is 9.48 Å². The zero-order valence-electron chi connectivity index (χ0n) is 15.7. The molecule has 0 fully saturated rings. The average Bonchev–Trinajstić information content (AvgIpc) is 3.21. The Hall–Kier alpha value is -2.67. The summed E-state index contributed by atoms with van der Waals surface area (Å²) >= 11 is 1.34. The van der Waals surface area contributed by atoms with Crippen molar-refractivity contribution in [1.29, 1.82) is 0 Å². The van der Waals surface area contributed by atoms with Gasteiger partial charge in [-0.25, -0.2) is 4.79 Å². The average molecular weight is 385 g/mol. The molecule has 2 aromatic heterocycles. The Morgan fingerprint density at radius 2 is 1.96 bits per heavy atom. The van der Waals surface area contributed by atoms with Crippen LogP contribution < -0.4 is 5.32 Å². The van der Waals surface area contributed by atoms with Crippen molar-refractivity contribution in [1.82, 2.24) is 15.1 Å². The van der Waals surface area contributed by atoms with Crippen molar-refractivity contribution >= 4 is 33.4 Å². The van der Waals surface area contributed by atoms with E-state index >= 15 is 0 Å². The molecular formula is C20H23N3O3S. The number of fused-ring (bicyclic) bond motifs is 1. The van der Waals surface area contributed by atoms with Crippen LogP contribution in [0.2, 0.25) is 0 Å². The molecule has 3 rings (SSSR count). The van der Waals surface area contributed by atoms with Gasteiger partial charge in [-0.15, -0.1) is 11.3 Å².